The van der Waals surface area contributed by atoms with Gasteiger partial charge in [-0.05, 0) is 48.5 Å². The third-order valence-corrected chi connectivity index (χ3v) is 3.43. The minimum atomic E-state index is -0.142. The van der Waals surface area contributed by atoms with E-state index < -0.39 is 0 Å². The Balaban J connectivity index is 1.66. The van der Waals surface area contributed by atoms with E-state index >= 15 is 0 Å². The minimum absolute atomic E-state index is 0.142. The number of anilines is 1. The van der Waals surface area contributed by atoms with E-state index in [1.54, 1.807) is 43.5 Å². The molecule has 0 aliphatic carbocycles. The van der Waals surface area contributed by atoms with Crippen molar-refractivity contribution >= 4 is 11.6 Å². The highest BCUT2D eigenvalue weighted by Gasteiger charge is 2.05. The third-order valence-electron chi connectivity index (χ3n) is 3.43. The maximum Gasteiger partial charge on any atom is 0.255 e. The van der Waals surface area contributed by atoms with Crippen LogP contribution in [0.2, 0.25) is 0 Å². The number of amides is 1. The Morgan fingerprint density at radius 3 is 2.21 bits per heavy atom. The lowest BCUT2D eigenvalue weighted by atomic mass is 10.2. The van der Waals surface area contributed by atoms with Crippen molar-refractivity contribution in [3.05, 3.63) is 84.4 Å². The monoisotopic (exact) mass is 319 g/mol. The molecule has 0 atom stereocenters. The summed E-state index contributed by atoms with van der Waals surface area (Å²) in [6.45, 7) is 0. The van der Waals surface area contributed by atoms with Gasteiger partial charge in [-0.3, -0.25) is 4.79 Å². The van der Waals surface area contributed by atoms with Gasteiger partial charge in [-0.25, -0.2) is 0 Å². The molecule has 0 aromatic heterocycles. The molecule has 0 unspecified atom stereocenters. The predicted octanol–water partition coefficient (Wildman–Crippen LogP) is 4.74. The van der Waals surface area contributed by atoms with Crippen LogP contribution in [0.3, 0.4) is 0 Å². The molecule has 0 saturated heterocycles. The van der Waals surface area contributed by atoms with Crippen LogP contribution in [-0.2, 0) is 0 Å². The molecule has 0 fully saturated rings. The molecule has 3 aromatic rings. The average Bonchev–Trinajstić information content (AvgIpc) is 2.64. The summed E-state index contributed by atoms with van der Waals surface area (Å²) in [6, 6.07) is 23.7. The molecule has 1 amide bonds. The van der Waals surface area contributed by atoms with E-state index in [1.165, 1.54) is 0 Å². The average molecular weight is 319 g/mol. The molecule has 0 radical (unpaired) electrons. The quantitative estimate of drug-likeness (QED) is 0.739. The fourth-order valence-electron chi connectivity index (χ4n) is 2.20. The van der Waals surface area contributed by atoms with Crippen LogP contribution in [0.5, 0.6) is 17.2 Å². The van der Waals surface area contributed by atoms with Crippen LogP contribution in [0.25, 0.3) is 0 Å². The lowest BCUT2D eigenvalue weighted by Gasteiger charge is -2.09. The molecule has 3 aromatic carbocycles. The van der Waals surface area contributed by atoms with Crippen LogP contribution in [-0.4, -0.2) is 13.0 Å². The lowest BCUT2D eigenvalue weighted by Crippen LogP contribution is -2.11. The molecule has 4 nitrogen and oxygen atoms in total. The molecular weight excluding hydrogens is 302 g/mol. The van der Waals surface area contributed by atoms with Gasteiger partial charge in [0.05, 0.1) is 7.11 Å². The molecule has 0 spiro atoms. The maximum atomic E-state index is 12.1. The van der Waals surface area contributed by atoms with Crippen molar-refractivity contribution in [3.63, 3.8) is 0 Å². The van der Waals surface area contributed by atoms with E-state index in [4.69, 9.17) is 9.47 Å². The molecule has 1 N–H and O–H groups in total. The van der Waals surface area contributed by atoms with Crippen LogP contribution in [0.1, 0.15) is 10.4 Å². The van der Waals surface area contributed by atoms with Gasteiger partial charge in [0.1, 0.15) is 17.2 Å². The summed E-state index contributed by atoms with van der Waals surface area (Å²) in [5.41, 5.74) is 1.33. The third kappa shape index (κ3) is 3.93. The van der Waals surface area contributed by atoms with Crippen LogP contribution in [0.15, 0.2) is 78.9 Å². The lowest BCUT2D eigenvalue weighted by molar-refractivity contribution is 0.102. The molecule has 4 heteroatoms. The van der Waals surface area contributed by atoms with Crippen molar-refractivity contribution in [1.29, 1.82) is 0 Å². The van der Waals surface area contributed by atoms with Gasteiger partial charge in [-0.15, -0.1) is 0 Å². The highest BCUT2D eigenvalue weighted by atomic mass is 16.5. The molecular formula is C20H17NO3. The van der Waals surface area contributed by atoms with Crippen LogP contribution >= 0.6 is 0 Å². The van der Waals surface area contributed by atoms with Crippen molar-refractivity contribution in [1.82, 2.24) is 0 Å². The Bertz CT molecular complexity index is 814. The van der Waals surface area contributed by atoms with E-state index in [2.05, 4.69) is 5.32 Å². The van der Waals surface area contributed by atoms with E-state index in [0.29, 0.717) is 22.7 Å². The molecule has 3 rings (SSSR count). The first kappa shape index (κ1) is 15.6. The second-order valence-electron chi connectivity index (χ2n) is 5.13. The fourth-order valence-corrected chi connectivity index (χ4v) is 2.20. The summed E-state index contributed by atoms with van der Waals surface area (Å²) in [6.07, 6.45) is 0. The predicted molar refractivity (Wildman–Crippen MR) is 93.9 cm³/mol. The highest BCUT2D eigenvalue weighted by Crippen LogP contribution is 2.26. The number of ether oxygens (including phenoxy) is 2. The zero-order chi connectivity index (χ0) is 16.8. The number of carbonyl (C=O) groups is 1. The van der Waals surface area contributed by atoms with E-state index in [1.807, 2.05) is 42.5 Å². The number of hydrogen-bond acceptors (Lipinski definition) is 3. The van der Waals surface area contributed by atoms with Crippen LogP contribution in [0, 0.1) is 0 Å². The van der Waals surface area contributed by atoms with Gasteiger partial charge in [0, 0.05) is 17.3 Å². The summed E-state index contributed by atoms with van der Waals surface area (Å²) in [5, 5.41) is 2.85. The van der Waals surface area contributed by atoms with Gasteiger partial charge in [0.15, 0.2) is 0 Å². The molecule has 120 valence electrons. The summed E-state index contributed by atoms with van der Waals surface area (Å²) < 4.78 is 10.9. The van der Waals surface area contributed by atoms with E-state index in [9.17, 15) is 4.79 Å². The smallest absolute Gasteiger partial charge is 0.255 e. The topological polar surface area (TPSA) is 47.6 Å². The van der Waals surface area contributed by atoms with Crippen molar-refractivity contribution in [2.24, 2.45) is 0 Å². The van der Waals surface area contributed by atoms with Crippen LogP contribution < -0.4 is 14.8 Å². The van der Waals surface area contributed by atoms with Gasteiger partial charge in [0.25, 0.3) is 5.91 Å². The number of carbonyl (C=O) groups excluding carboxylic acids is 1. The van der Waals surface area contributed by atoms with Crippen LogP contribution in [0.4, 0.5) is 5.69 Å². The Morgan fingerprint density at radius 1 is 0.792 bits per heavy atom. The van der Waals surface area contributed by atoms with Gasteiger partial charge in [-0.2, -0.15) is 0 Å². The van der Waals surface area contributed by atoms with E-state index in [0.717, 1.165) is 5.75 Å². The zero-order valence-corrected chi connectivity index (χ0v) is 13.2. The summed E-state index contributed by atoms with van der Waals surface area (Å²) in [7, 11) is 1.61. The van der Waals surface area contributed by atoms with Gasteiger partial charge in [-0.1, -0.05) is 24.3 Å². The number of hydrogen-bond donors (Lipinski definition) is 1. The summed E-state index contributed by atoms with van der Waals surface area (Å²) in [5.74, 6) is 1.97. The SMILES string of the molecule is COc1cccc(Oc2ccc(NC(=O)c3ccccc3)cc2)c1. The standard InChI is InChI=1S/C20H17NO3/c1-23-18-8-5-9-19(14-18)24-17-12-10-16(11-13-17)21-20(22)15-6-3-2-4-7-15/h2-14H,1H3,(H,21,22). The Labute approximate surface area is 140 Å². The second-order valence-corrected chi connectivity index (χ2v) is 5.13. The van der Waals surface area contributed by atoms with E-state index in [-0.39, 0.29) is 5.91 Å². The van der Waals surface area contributed by atoms with Gasteiger partial charge < -0.3 is 14.8 Å². The van der Waals surface area contributed by atoms with Crippen molar-refractivity contribution in [2.45, 2.75) is 0 Å². The molecule has 0 heterocycles. The normalized spacial score (nSPS) is 10.0. The number of rotatable bonds is 5. The molecule has 0 saturated carbocycles. The first-order valence-corrected chi connectivity index (χ1v) is 7.53. The molecule has 0 bridgehead atoms. The van der Waals surface area contributed by atoms with Crippen molar-refractivity contribution in [2.75, 3.05) is 12.4 Å². The van der Waals surface area contributed by atoms with Gasteiger partial charge >= 0.3 is 0 Å². The van der Waals surface area contributed by atoms with Gasteiger partial charge in [0.2, 0.25) is 0 Å². The summed E-state index contributed by atoms with van der Waals surface area (Å²) >= 11 is 0. The largest absolute Gasteiger partial charge is 0.497 e. The van der Waals surface area contributed by atoms with Crippen molar-refractivity contribution < 1.29 is 14.3 Å². The summed E-state index contributed by atoms with van der Waals surface area (Å²) in [4.78, 5) is 12.1. The molecule has 0 aliphatic heterocycles. The molecule has 24 heavy (non-hydrogen) atoms. The Kier molecular flexibility index (Phi) is 4.77. The minimum Gasteiger partial charge on any atom is -0.497 e. The second kappa shape index (κ2) is 7.33. The first-order valence-electron chi connectivity index (χ1n) is 7.53. The number of nitrogens with one attached hydrogen (secondary N) is 1. The Morgan fingerprint density at radius 2 is 1.50 bits per heavy atom. The Hall–Kier alpha value is -3.27. The fraction of sp³-hybridized carbons (Fsp3) is 0.0500. The molecule has 0 aliphatic rings. The first-order chi connectivity index (χ1) is 11.7. The number of benzene rings is 3. The van der Waals surface area contributed by atoms with Crippen molar-refractivity contribution in [3.8, 4) is 17.2 Å². The zero-order valence-electron chi connectivity index (χ0n) is 13.2. The maximum absolute atomic E-state index is 12.1. The number of methoxy groups -OCH3 is 1. The highest BCUT2D eigenvalue weighted by molar-refractivity contribution is 6.04.